The van der Waals surface area contributed by atoms with Crippen LogP contribution < -0.4 is 16.4 Å². The first-order valence-electron chi connectivity index (χ1n) is 7.59. The number of nitrogens with two attached hydrogens (primary N) is 1. The fourth-order valence-electron chi connectivity index (χ4n) is 2.15. The molecule has 1 rings (SSSR count). The molecule has 1 aromatic carbocycles. The molecule has 0 bridgehead atoms. The van der Waals surface area contributed by atoms with Gasteiger partial charge in [-0.25, -0.2) is 4.79 Å². The molecular weight excluding hydrogens is 296 g/mol. The van der Waals surface area contributed by atoms with Crippen molar-refractivity contribution in [3.05, 3.63) is 29.8 Å². The highest BCUT2D eigenvalue weighted by molar-refractivity contribution is 5.94. The molecule has 0 fully saturated rings. The molecule has 0 radical (unpaired) electrons. The summed E-state index contributed by atoms with van der Waals surface area (Å²) in [5, 5.41) is 4.88. The van der Waals surface area contributed by atoms with E-state index in [0.717, 1.165) is 17.7 Å². The van der Waals surface area contributed by atoms with E-state index in [1.807, 2.05) is 48.3 Å². The standard InChI is InChI=1S/C16H24N4O3/c1-3-9-20(10-8-14(21)19-16(17)23)11-15(22)18-13-7-5-4-6-12(13)2/h4-7H,3,8-11H2,1-2H3,(H,18,22)(H3,17,19,21,23). The smallest absolute Gasteiger partial charge is 0.318 e. The first kappa shape index (κ1) is 18.6. The maximum atomic E-state index is 12.1. The lowest BCUT2D eigenvalue weighted by Crippen LogP contribution is -2.39. The van der Waals surface area contributed by atoms with Crippen molar-refractivity contribution in [1.82, 2.24) is 10.2 Å². The number of carbonyl (C=O) groups excluding carboxylic acids is 3. The Bertz CT molecular complexity index is 560. The zero-order valence-corrected chi connectivity index (χ0v) is 13.6. The van der Waals surface area contributed by atoms with E-state index in [1.54, 1.807) is 0 Å². The minimum absolute atomic E-state index is 0.112. The molecule has 23 heavy (non-hydrogen) atoms. The Balaban J connectivity index is 2.51. The molecular formula is C16H24N4O3. The monoisotopic (exact) mass is 320 g/mol. The number of benzene rings is 1. The third kappa shape index (κ3) is 7.42. The zero-order chi connectivity index (χ0) is 17.2. The molecule has 0 saturated carbocycles. The van der Waals surface area contributed by atoms with Crippen molar-refractivity contribution in [2.24, 2.45) is 5.73 Å². The van der Waals surface area contributed by atoms with Crippen molar-refractivity contribution in [3.8, 4) is 0 Å². The van der Waals surface area contributed by atoms with Crippen LogP contribution in [0.5, 0.6) is 0 Å². The van der Waals surface area contributed by atoms with Crippen LogP contribution in [0.4, 0.5) is 10.5 Å². The average Bonchev–Trinajstić information content (AvgIpc) is 2.47. The third-order valence-corrected chi connectivity index (χ3v) is 3.24. The predicted molar refractivity (Wildman–Crippen MR) is 88.9 cm³/mol. The number of nitrogens with zero attached hydrogens (tertiary/aromatic N) is 1. The first-order chi connectivity index (χ1) is 10.9. The highest BCUT2D eigenvalue weighted by atomic mass is 16.2. The fraction of sp³-hybridized carbons (Fsp3) is 0.438. The van der Waals surface area contributed by atoms with Gasteiger partial charge in [0.2, 0.25) is 11.8 Å². The van der Waals surface area contributed by atoms with Gasteiger partial charge in [-0.05, 0) is 31.5 Å². The minimum atomic E-state index is -0.866. The van der Waals surface area contributed by atoms with E-state index >= 15 is 0 Å². The van der Waals surface area contributed by atoms with Gasteiger partial charge in [0.1, 0.15) is 0 Å². The maximum Gasteiger partial charge on any atom is 0.318 e. The van der Waals surface area contributed by atoms with Crippen LogP contribution in [0.25, 0.3) is 0 Å². The van der Waals surface area contributed by atoms with Gasteiger partial charge in [0, 0.05) is 18.7 Å². The number of anilines is 1. The van der Waals surface area contributed by atoms with Crippen LogP contribution in [0.15, 0.2) is 24.3 Å². The maximum absolute atomic E-state index is 12.1. The van der Waals surface area contributed by atoms with E-state index in [-0.39, 0.29) is 18.9 Å². The van der Waals surface area contributed by atoms with E-state index in [4.69, 9.17) is 5.73 Å². The molecule has 126 valence electrons. The lowest BCUT2D eigenvalue weighted by Gasteiger charge is -2.21. The number of imide groups is 1. The Kier molecular flexibility index (Phi) is 7.76. The number of hydrogen-bond acceptors (Lipinski definition) is 4. The molecule has 7 heteroatoms. The Morgan fingerprint density at radius 1 is 1.13 bits per heavy atom. The average molecular weight is 320 g/mol. The van der Waals surface area contributed by atoms with Crippen molar-refractivity contribution in [2.45, 2.75) is 26.7 Å². The van der Waals surface area contributed by atoms with E-state index in [0.29, 0.717) is 13.1 Å². The Hall–Kier alpha value is -2.41. The molecule has 4 N–H and O–H groups in total. The number of urea groups is 1. The molecule has 0 aromatic heterocycles. The molecule has 0 saturated heterocycles. The number of nitrogens with one attached hydrogen (secondary N) is 2. The molecule has 0 aliphatic carbocycles. The number of primary amides is 1. The van der Waals surface area contributed by atoms with E-state index < -0.39 is 11.9 Å². The minimum Gasteiger partial charge on any atom is -0.351 e. The predicted octanol–water partition coefficient (Wildman–Crippen LogP) is 1.23. The van der Waals surface area contributed by atoms with Crippen LogP contribution in [0.1, 0.15) is 25.3 Å². The van der Waals surface area contributed by atoms with Gasteiger partial charge >= 0.3 is 6.03 Å². The number of rotatable bonds is 8. The molecule has 0 atom stereocenters. The van der Waals surface area contributed by atoms with Gasteiger partial charge in [-0.3, -0.25) is 19.8 Å². The van der Waals surface area contributed by atoms with Crippen LogP contribution in [-0.2, 0) is 9.59 Å². The Morgan fingerprint density at radius 2 is 1.83 bits per heavy atom. The molecule has 0 heterocycles. The van der Waals surface area contributed by atoms with Crippen LogP contribution in [0.3, 0.4) is 0 Å². The third-order valence-electron chi connectivity index (χ3n) is 3.24. The van der Waals surface area contributed by atoms with Crippen molar-refractivity contribution in [3.63, 3.8) is 0 Å². The topological polar surface area (TPSA) is 105 Å². The van der Waals surface area contributed by atoms with Crippen LogP contribution in [0, 0.1) is 6.92 Å². The van der Waals surface area contributed by atoms with E-state index in [9.17, 15) is 14.4 Å². The van der Waals surface area contributed by atoms with Gasteiger partial charge in [-0.15, -0.1) is 0 Å². The summed E-state index contributed by atoms with van der Waals surface area (Å²) >= 11 is 0. The molecule has 4 amide bonds. The SMILES string of the molecule is CCCN(CCC(=O)NC(N)=O)CC(=O)Nc1ccccc1C. The number of para-hydroxylation sites is 1. The lowest BCUT2D eigenvalue weighted by molar-refractivity contribution is -0.121. The molecule has 0 unspecified atom stereocenters. The molecule has 1 aromatic rings. The zero-order valence-electron chi connectivity index (χ0n) is 13.6. The lowest BCUT2D eigenvalue weighted by atomic mass is 10.2. The van der Waals surface area contributed by atoms with Crippen molar-refractivity contribution < 1.29 is 14.4 Å². The number of aryl methyl sites for hydroxylation is 1. The highest BCUT2D eigenvalue weighted by Gasteiger charge is 2.13. The fourth-order valence-corrected chi connectivity index (χ4v) is 2.15. The summed E-state index contributed by atoms with van der Waals surface area (Å²) in [6, 6.07) is 6.67. The summed E-state index contributed by atoms with van der Waals surface area (Å²) in [4.78, 5) is 36.1. The van der Waals surface area contributed by atoms with Crippen LogP contribution in [0.2, 0.25) is 0 Å². The Labute approximate surface area is 136 Å². The highest BCUT2D eigenvalue weighted by Crippen LogP contribution is 2.13. The quantitative estimate of drug-likeness (QED) is 0.670. The second kappa shape index (κ2) is 9.58. The normalized spacial score (nSPS) is 10.4. The van der Waals surface area contributed by atoms with Gasteiger partial charge in [0.15, 0.2) is 0 Å². The Morgan fingerprint density at radius 3 is 2.43 bits per heavy atom. The summed E-state index contributed by atoms with van der Waals surface area (Å²) in [5.74, 6) is -0.582. The number of hydrogen-bond donors (Lipinski definition) is 3. The summed E-state index contributed by atoms with van der Waals surface area (Å²) < 4.78 is 0. The molecule has 0 aliphatic heterocycles. The van der Waals surface area contributed by atoms with Crippen molar-refractivity contribution in [1.29, 1.82) is 0 Å². The molecule has 7 nitrogen and oxygen atoms in total. The van der Waals surface area contributed by atoms with Crippen LogP contribution in [-0.4, -0.2) is 42.4 Å². The van der Waals surface area contributed by atoms with Crippen molar-refractivity contribution >= 4 is 23.5 Å². The summed E-state index contributed by atoms with van der Waals surface area (Å²) in [6.07, 6.45) is 0.968. The van der Waals surface area contributed by atoms with E-state index in [1.165, 1.54) is 0 Å². The summed E-state index contributed by atoms with van der Waals surface area (Å²) in [5.41, 5.74) is 6.66. The molecule has 0 spiro atoms. The molecule has 0 aliphatic rings. The first-order valence-corrected chi connectivity index (χ1v) is 7.59. The number of amides is 4. The van der Waals surface area contributed by atoms with Crippen LogP contribution >= 0.6 is 0 Å². The van der Waals surface area contributed by atoms with E-state index in [2.05, 4.69) is 5.32 Å². The van der Waals surface area contributed by atoms with Gasteiger partial charge in [0.05, 0.1) is 6.54 Å². The van der Waals surface area contributed by atoms with Gasteiger partial charge in [-0.2, -0.15) is 0 Å². The van der Waals surface area contributed by atoms with Gasteiger partial charge in [0.25, 0.3) is 0 Å². The summed E-state index contributed by atoms with van der Waals surface area (Å²) in [6.45, 7) is 5.18. The number of carbonyl (C=O) groups is 3. The second-order valence-electron chi connectivity index (χ2n) is 5.30. The van der Waals surface area contributed by atoms with Gasteiger partial charge in [-0.1, -0.05) is 25.1 Å². The largest absolute Gasteiger partial charge is 0.351 e. The summed E-state index contributed by atoms with van der Waals surface area (Å²) in [7, 11) is 0. The second-order valence-corrected chi connectivity index (χ2v) is 5.30. The van der Waals surface area contributed by atoms with Gasteiger partial charge < -0.3 is 11.1 Å². The van der Waals surface area contributed by atoms with Crippen molar-refractivity contribution in [2.75, 3.05) is 25.0 Å².